The summed E-state index contributed by atoms with van der Waals surface area (Å²) in [7, 11) is 0. The predicted molar refractivity (Wildman–Crippen MR) is 99.7 cm³/mol. The maximum atomic E-state index is 13.2. The van der Waals surface area contributed by atoms with Crippen LogP contribution in [-0.2, 0) is 0 Å². The number of nitrogens with zero attached hydrogens (tertiary/aromatic N) is 3. The van der Waals surface area contributed by atoms with Crippen LogP contribution in [0.25, 0.3) is 5.69 Å². The molecule has 0 saturated carbocycles. The van der Waals surface area contributed by atoms with E-state index in [4.69, 9.17) is 0 Å². The third-order valence-electron chi connectivity index (χ3n) is 4.64. The summed E-state index contributed by atoms with van der Waals surface area (Å²) in [6.07, 6.45) is 1.50. The van der Waals surface area contributed by atoms with E-state index in [1.807, 2.05) is 24.5 Å². The number of amides is 2. The average molecular weight is 361 g/mol. The van der Waals surface area contributed by atoms with Gasteiger partial charge in [0.05, 0.1) is 17.3 Å². The van der Waals surface area contributed by atoms with Gasteiger partial charge in [-0.15, -0.1) is 0 Å². The summed E-state index contributed by atoms with van der Waals surface area (Å²) in [4.78, 5) is 24.8. The van der Waals surface area contributed by atoms with E-state index < -0.39 is 11.8 Å². The molecule has 2 amide bonds. The molecule has 4 rings (SSSR count). The first-order valence-corrected chi connectivity index (χ1v) is 8.44. The van der Waals surface area contributed by atoms with Gasteiger partial charge in [-0.1, -0.05) is 12.1 Å². The number of carbonyl (C=O) groups is 2. The molecule has 5 nitrogen and oxygen atoms in total. The van der Waals surface area contributed by atoms with Crippen LogP contribution in [0.3, 0.4) is 0 Å². The van der Waals surface area contributed by atoms with Crippen LogP contribution in [0.15, 0.2) is 59.7 Å². The Morgan fingerprint density at radius 3 is 2.11 bits per heavy atom. The van der Waals surface area contributed by atoms with Crippen molar-refractivity contribution in [2.45, 2.75) is 13.8 Å². The lowest BCUT2D eigenvalue weighted by Crippen LogP contribution is -2.24. The summed E-state index contributed by atoms with van der Waals surface area (Å²) in [5.41, 5.74) is 4.12. The topological polar surface area (TPSA) is 54.7 Å². The van der Waals surface area contributed by atoms with Gasteiger partial charge in [0.1, 0.15) is 5.82 Å². The van der Waals surface area contributed by atoms with E-state index >= 15 is 0 Å². The maximum absolute atomic E-state index is 13.2. The zero-order chi connectivity index (χ0) is 19.1. The van der Waals surface area contributed by atoms with Crippen LogP contribution in [0.2, 0.25) is 0 Å². The maximum Gasteiger partial charge on any atom is 0.282 e. The number of benzene rings is 2. The normalized spacial score (nSPS) is 13.7. The Morgan fingerprint density at radius 2 is 1.52 bits per heavy atom. The second-order valence-electron chi connectivity index (χ2n) is 6.35. The first-order valence-electron chi connectivity index (χ1n) is 8.44. The van der Waals surface area contributed by atoms with Crippen molar-refractivity contribution >= 4 is 18.0 Å². The van der Waals surface area contributed by atoms with Crippen molar-refractivity contribution in [3.8, 4) is 5.69 Å². The second-order valence-corrected chi connectivity index (χ2v) is 6.35. The van der Waals surface area contributed by atoms with Crippen molar-refractivity contribution in [1.29, 1.82) is 0 Å². The van der Waals surface area contributed by atoms with Gasteiger partial charge in [0.15, 0.2) is 0 Å². The highest BCUT2D eigenvalue weighted by Gasteiger charge is 2.35. The summed E-state index contributed by atoms with van der Waals surface area (Å²) in [5.74, 6) is -1.16. The average Bonchev–Trinajstić information content (AvgIpc) is 3.08. The van der Waals surface area contributed by atoms with Crippen molar-refractivity contribution in [1.82, 2.24) is 9.58 Å². The standard InChI is InChI=1S/C21H16FN3O2/c1-13-11-15(14(2)24(13)17-9-7-16(22)8-10-17)12-23-25-20(26)18-5-3-4-6-19(18)21(25)27/h3-12H,1-2H3/b23-12-. The highest BCUT2D eigenvalue weighted by atomic mass is 19.1. The van der Waals surface area contributed by atoms with E-state index in [1.165, 1.54) is 18.3 Å². The van der Waals surface area contributed by atoms with Crippen molar-refractivity contribution in [2.75, 3.05) is 0 Å². The van der Waals surface area contributed by atoms with Gasteiger partial charge < -0.3 is 4.57 Å². The van der Waals surface area contributed by atoms with Crippen LogP contribution in [0.4, 0.5) is 4.39 Å². The van der Waals surface area contributed by atoms with Gasteiger partial charge in [-0.3, -0.25) is 9.59 Å². The van der Waals surface area contributed by atoms with Crippen molar-refractivity contribution in [3.63, 3.8) is 0 Å². The van der Waals surface area contributed by atoms with E-state index in [0.717, 1.165) is 27.6 Å². The molecule has 134 valence electrons. The monoisotopic (exact) mass is 361 g/mol. The smallest absolute Gasteiger partial charge is 0.282 e. The molecule has 1 aliphatic heterocycles. The molecule has 3 aromatic rings. The molecule has 0 radical (unpaired) electrons. The summed E-state index contributed by atoms with van der Waals surface area (Å²) in [6, 6.07) is 14.8. The number of rotatable bonds is 3. The summed E-state index contributed by atoms with van der Waals surface area (Å²) in [5, 5.41) is 5.01. The Hall–Kier alpha value is -3.54. The van der Waals surface area contributed by atoms with Gasteiger partial charge in [-0.25, -0.2) is 4.39 Å². The first kappa shape index (κ1) is 16.9. The molecule has 1 aromatic heterocycles. The van der Waals surface area contributed by atoms with Crippen molar-refractivity contribution in [2.24, 2.45) is 5.10 Å². The van der Waals surface area contributed by atoms with Crippen LogP contribution in [0.1, 0.15) is 37.7 Å². The van der Waals surface area contributed by atoms with Crippen molar-refractivity contribution in [3.05, 3.63) is 88.5 Å². The SMILES string of the molecule is Cc1cc(/C=N\N2C(=O)c3ccccc3C2=O)c(C)n1-c1ccc(F)cc1. The number of carbonyl (C=O) groups excluding carboxylic acids is 2. The van der Waals surface area contributed by atoms with Gasteiger partial charge in [0.2, 0.25) is 0 Å². The number of aromatic nitrogens is 1. The first-order chi connectivity index (χ1) is 13.0. The Balaban J connectivity index is 1.66. The molecular weight excluding hydrogens is 345 g/mol. The molecule has 0 N–H and O–H groups in total. The Kier molecular flexibility index (Phi) is 3.96. The molecular formula is C21H16FN3O2. The van der Waals surface area contributed by atoms with Gasteiger partial charge in [0, 0.05) is 22.6 Å². The number of hydrogen-bond acceptors (Lipinski definition) is 3. The number of imide groups is 1. The van der Waals surface area contributed by atoms with Crippen molar-refractivity contribution < 1.29 is 14.0 Å². The highest BCUT2D eigenvalue weighted by Crippen LogP contribution is 2.24. The van der Waals surface area contributed by atoms with E-state index in [-0.39, 0.29) is 5.82 Å². The van der Waals surface area contributed by atoms with Crippen LogP contribution in [0, 0.1) is 19.7 Å². The summed E-state index contributed by atoms with van der Waals surface area (Å²) in [6.45, 7) is 3.83. The third-order valence-corrected chi connectivity index (χ3v) is 4.64. The Bertz CT molecular complexity index is 1060. The van der Waals surface area contributed by atoms with Crippen LogP contribution < -0.4 is 0 Å². The predicted octanol–water partition coefficient (Wildman–Crippen LogP) is 3.86. The van der Waals surface area contributed by atoms with Crippen LogP contribution in [-0.4, -0.2) is 27.6 Å². The largest absolute Gasteiger partial charge is 0.318 e. The van der Waals surface area contributed by atoms with E-state index in [2.05, 4.69) is 5.10 Å². The molecule has 0 spiro atoms. The molecule has 0 atom stereocenters. The number of hydrogen-bond donors (Lipinski definition) is 0. The van der Waals surface area contributed by atoms with Gasteiger partial charge >= 0.3 is 0 Å². The molecule has 1 aliphatic rings. The van der Waals surface area contributed by atoms with E-state index in [1.54, 1.807) is 36.4 Å². The van der Waals surface area contributed by atoms with E-state index in [9.17, 15) is 14.0 Å². The summed E-state index contributed by atoms with van der Waals surface area (Å²) < 4.78 is 15.1. The number of halogens is 1. The van der Waals surface area contributed by atoms with Crippen LogP contribution in [0.5, 0.6) is 0 Å². The number of aryl methyl sites for hydroxylation is 1. The lowest BCUT2D eigenvalue weighted by atomic mass is 10.1. The fraction of sp³-hybridized carbons (Fsp3) is 0.0952. The number of fused-ring (bicyclic) bond motifs is 1. The minimum absolute atomic E-state index is 0.298. The number of hydrazone groups is 1. The minimum Gasteiger partial charge on any atom is -0.318 e. The lowest BCUT2D eigenvalue weighted by Gasteiger charge is -2.09. The van der Waals surface area contributed by atoms with Gasteiger partial charge in [-0.2, -0.15) is 10.1 Å². The molecule has 0 bridgehead atoms. The lowest BCUT2D eigenvalue weighted by molar-refractivity contribution is 0.0660. The zero-order valence-corrected chi connectivity index (χ0v) is 14.8. The van der Waals surface area contributed by atoms with Gasteiger partial charge in [0.25, 0.3) is 11.8 Å². The molecule has 0 aliphatic carbocycles. The van der Waals surface area contributed by atoms with E-state index in [0.29, 0.717) is 11.1 Å². The molecule has 6 heteroatoms. The molecule has 2 heterocycles. The fourth-order valence-electron chi connectivity index (χ4n) is 3.31. The minimum atomic E-state index is -0.431. The quantitative estimate of drug-likeness (QED) is 0.525. The Labute approximate surface area is 155 Å². The van der Waals surface area contributed by atoms with Crippen LogP contribution >= 0.6 is 0 Å². The fourth-order valence-corrected chi connectivity index (χ4v) is 3.31. The van der Waals surface area contributed by atoms with Gasteiger partial charge in [-0.05, 0) is 56.3 Å². The molecule has 0 fully saturated rings. The summed E-state index contributed by atoms with van der Waals surface area (Å²) >= 11 is 0. The molecule has 2 aromatic carbocycles. The Morgan fingerprint density at radius 1 is 0.926 bits per heavy atom. The highest BCUT2D eigenvalue weighted by molar-refractivity contribution is 6.21. The zero-order valence-electron chi connectivity index (χ0n) is 14.8. The molecule has 0 saturated heterocycles. The second kappa shape index (κ2) is 6.32. The molecule has 27 heavy (non-hydrogen) atoms. The molecule has 0 unspecified atom stereocenters. The third kappa shape index (κ3) is 2.75.